The molecule has 0 saturated carbocycles. The summed E-state index contributed by atoms with van der Waals surface area (Å²) in [5.74, 6) is 0.00808. The summed E-state index contributed by atoms with van der Waals surface area (Å²) < 4.78 is 5.13. The number of fused-ring (bicyclic) bond motifs is 1. The molecule has 1 fully saturated rings. The molecule has 31 heavy (non-hydrogen) atoms. The number of imide groups is 1. The van der Waals surface area contributed by atoms with Gasteiger partial charge in [0.15, 0.2) is 0 Å². The molecule has 2 N–H and O–H groups in total. The third-order valence-corrected chi connectivity index (χ3v) is 6.15. The van der Waals surface area contributed by atoms with Crippen LogP contribution in [-0.2, 0) is 34.4 Å². The monoisotopic (exact) mass is 421 g/mol. The zero-order chi connectivity index (χ0) is 22.0. The molecule has 0 aromatic heterocycles. The van der Waals surface area contributed by atoms with Gasteiger partial charge in [-0.05, 0) is 67.0 Å². The van der Waals surface area contributed by atoms with E-state index in [9.17, 15) is 14.4 Å². The normalized spacial score (nSPS) is 19.9. The zero-order valence-corrected chi connectivity index (χ0v) is 17.9. The molecular formula is C24H27N3O4. The molecule has 1 heterocycles. The number of nitrogens with zero attached hydrogens (tertiary/aromatic N) is 1. The first-order chi connectivity index (χ1) is 14.9. The molecule has 0 unspecified atom stereocenters. The minimum Gasteiger partial charge on any atom is -0.497 e. The average Bonchev–Trinajstić information content (AvgIpc) is 3.32. The number of hydrogen-bond donors (Lipinski definition) is 2. The second kappa shape index (κ2) is 8.41. The number of ether oxygens (including phenoxy) is 1. The molecule has 7 nitrogen and oxygen atoms in total. The van der Waals surface area contributed by atoms with Gasteiger partial charge in [-0.3, -0.25) is 14.5 Å². The quantitative estimate of drug-likeness (QED) is 0.672. The van der Waals surface area contributed by atoms with E-state index in [0.717, 1.165) is 41.0 Å². The first kappa shape index (κ1) is 20.9. The second-order valence-corrected chi connectivity index (χ2v) is 8.23. The maximum Gasteiger partial charge on any atom is 0.325 e. The Morgan fingerprint density at radius 2 is 1.87 bits per heavy atom. The van der Waals surface area contributed by atoms with E-state index in [2.05, 4.69) is 10.6 Å². The summed E-state index contributed by atoms with van der Waals surface area (Å²) in [4.78, 5) is 39.0. The van der Waals surface area contributed by atoms with E-state index in [1.54, 1.807) is 14.0 Å². The van der Waals surface area contributed by atoms with E-state index < -0.39 is 17.5 Å². The van der Waals surface area contributed by atoms with Crippen LogP contribution in [0.25, 0.3) is 0 Å². The van der Waals surface area contributed by atoms with Gasteiger partial charge in [0.1, 0.15) is 17.8 Å². The van der Waals surface area contributed by atoms with Crippen molar-refractivity contribution < 1.29 is 19.1 Å². The summed E-state index contributed by atoms with van der Waals surface area (Å²) >= 11 is 0. The Balaban J connectivity index is 1.35. The van der Waals surface area contributed by atoms with Crippen molar-refractivity contribution >= 4 is 17.8 Å². The fourth-order valence-electron chi connectivity index (χ4n) is 4.26. The van der Waals surface area contributed by atoms with Crippen LogP contribution in [0.5, 0.6) is 5.75 Å². The lowest BCUT2D eigenvalue weighted by molar-refractivity contribution is -0.134. The molecule has 4 amide bonds. The van der Waals surface area contributed by atoms with Crippen LogP contribution in [0.4, 0.5) is 4.79 Å². The number of amides is 4. The van der Waals surface area contributed by atoms with Gasteiger partial charge in [-0.15, -0.1) is 0 Å². The summed E-state index contributed by atoms with van der Waals surface area (Å²) in [6.07, 6.45) is 3.79. The van der Waals surface area contributed by atoms with Gasteiger partial charge in [0.25, 0.3) is 5.91 Å². The highest BCUT2D eigenvalue weighted by molar-refractivity contribution is 6.09. The highest BCUT2D eigenvalue weighted by Crippen LogP contribution is 2.32. The van der Waals surface area contributed by atoms with Crippen LogP contribution in [0, 0.1) is 0 Å². The van der Waals surface area contributed by atoms with Crippen molar-refractivity contribution in [1.29, 1.82) is 0 Å². The van der Waals surface area contributed by atoms with Crippen LogP contribution in [0.3, 0.4) is 0 Å². The third-order valence-electron chi connectivity index (χ3n) is 6.15. The number of benzene rings is 2. The number of aryl methyl sites for hydroxylation is 2. The van der Waals surface area contributed by atoms with E-state index in [1.807, 2.05) is 42.5 Å². The molecule has 1 atom stereocenters. The fourth-order valence-corrected chi connectivity index (χ4v) is 4.26. The molecule has 162 valence electrons. The molecule has 2 aromatic rings. The number of urea groups is 1. The van der Waals surface area contributed by atoms with Crippen molar-refractivity contribution in [3.8, 4) is 5.75 Å². The summed E-state index contributed by atoms with van der Waals surface area (Å²) in [5.41, 5.74) is 3.19. The van der Waals surface area contributed by atoms with Gasteiger partial charge < -0.3 is 15.4 Å². The highest BCUT2D eigenvalue weighted by Gasteiger charge is 2.49. The highest BCUT2D eigenvalue weighted by atomic mass is 16.5. The number of carbonyl (C=O) groups excluding carboxylic acids is 3. The average molecular weight is 421 g/mol. The molecule has 0 radical (unpaired) electrons. The van der Waals surface area contributed by atoms with Gasteiger partial charge in [0.2, 0.25) is 5.91 Å². The largest absolute Gasteiger partial charge is 0.497 e. The molecule has 2 aliphatic rings. The molecular weight excluding hydrogens is 394 g/mol. The van der Waals surface area contributed by atoms with E-state index in [-0.39, 0.29) is 12.5 Å². The zero-order valence-electron chi connectivity index (χ0n) is 17.9. The number of rotatable bonds is 7. The molecule has 0 bridgehead atoms. The van der Waals surface area contributed by atoms with Gasteiger partial charge in [-0.1, -0.05) is 30.3 Å². The third kappa shape index (κ3) is 4.13. The number of hydrogen-bond acceptors (Lipinski definition) is 4. The first-order valence-corrected chi connectivity index (χ1v) is 10.6. The molecule has 1 aliphatic heterocycles. The van der Waals surface area contributed by atoms with Crippen molar-refractivity contribution in [3.63, 3.8) is 0 Å². The molecule has 0 spiro atoms. The second-order valence-electron chi connectivity index (χ2n) is 8.23. The predicted octanol–water partition coefficient (Wildman–Crippen LogP) is 2.31. The van der Waals surface area contributed by atoms with Crippen LogP contribution in [0.2, 0.25) is 0 Å². The van der Waals surface area contributed by atoms with Crippen molar-refractivity contribution in [2.24, 2.45) is 0 Å². The Labute approximate surface area is 181 Å². The summed E-state index contributed by atoms with van der Waals surface area (Å²) in [7, 11) is 1.61. The Morgan fingerprint density at radius 3 is 2.61 bits per heavy atom. The van der Waals surface area contributed by atoms with Crippen molar-refractivity contribution in [2.75, 3.05) is 20.2 Å². The standard InChI is InChI=1S/C24H27N3O4/c1-24(19-9-8-17-4-3-5-18(17)14-19)22(29)27(23(30)26-24)15-21(28)25-13-12-16-6-10-20(31-2)11-7-16/h6-11,14H,3-5,12-13,15H2,1-2H3,(H,25,28)(H,26,30)/t24-/m1/s1. The van der Waals surface area contributed by atoms with E-state index >= 15 is 0 Å². The molecule has 4 rings (SSSR count). The Morgan fingerprint density at radius 1 is 1.13 bits per heavy atom. The number of carbonyl (C=O) groups is 3. The smallest absolute Gasteiger partial charge is 0.325 e. The summed E-state index contributed by atoms with van der Waals surface area (Å²) in [5, 5.41) is 5.57. The number of nitrogens with one attached hydrogen (secondary N) is 2. The first-order valence-electron chi connectivity index (χ1n) is 10.6. The van der Waals surface area contributed by atoms with Crippen molar-refractivity contribution in [2.45, 2.75) is 38.1 Å². The van der Waals surface area contributed by atoms with Gasteiger partial charge in [0, 0.05) is 6.54 Å². The number of methoxy groups -OCH3 is 1. The lowest BCUT2D eigenvalue weighted by Gasteiger charge is -2.23. The van der Waals surface area contributed by atoms with Crippen LogP contribution in [-0.4, -0.2) is 42.9 Å². The molecule has 1 saturated heterocycles. The summed E-state index contributed by atoms with van der Waals surface area (Å²) in [6, 6.07) is 13.0. The van der Waals surface area contributed by atoms with E-state index in [1.165, 1.54) is 11.1 Å². The van der Waals surface area contributed by atoms with Gasteiger partial charge in [-0.25, -0.2) is 4.79 Å². The molecule has 1 aliphatic carbocycles. The van der Waals surface area contributed by atoms with Crippen LogP contribution in [0.1, 0.15) is 35.6 Å². The lowest BCUT2D eigenvalue weighted by Crippen LogP contribution is -2.43. The van der Waals surface area contributed by atoms with Crippen LogP contribution < -0.4 is 15.4 Å². The Bertz CT molecular complexity index is 1020. The van der Waals surface area contributed by atoms with Crippen LogP contribution in [0.15, 0.2) is 42.5 Å². The van der Waals surface area contributed by atoms with Crippen molar-refractivity contribution in [1.82, 2.24) is 15.5 Å². The summed E-state index contributed by atoms with van der Waals surface area (Å²) in [6.45, 7) is 1.82. The van der Waals surface area contributed by atoms with Gasteiger partial charge >= 0.3 is 6.03 Å². The minimum atomic E-state index is -1.15. The molecule has 7 heteroatoms. The molecule has 2 aromatic carbocycles. The van der Waals surface area contributed by atoms with Crippen LogP contribution >= 0.6 is 0 Å². The lowest BCUT2D eigenvalue weighted by atomic mass is 9.89. The Kier molecular flexibility index (Phi) is 5.67. The minimum absolute atomic E-state index is 0.298. The maximum atomic E-state index is 13.1. The fraction of sp³-hybridized carbons (Fsp3) is 0.375. The van der Waals surface area contributed by atoms with Gasteiger partial charge in [0.05, 0.1) is 7.11 Å². The van der Waals surface area contributed by atoms with Gasteiger partial charge in [-0.2, -0.15) is 0 Å². The maximum absolute atomic E-state index is 13.1. The Hall–Kier alpha value is -3.35. The topological polar surface area (TPSA) is 87.7 Å². The SMILES string of the molecule is COc1ccc(CCNC(=O)CN2C(=O)N[C@](C)(c3ccc4c(c3)CCC4)C2=O)cc1. The van der Waals surface area contributed by atoms with E-state index in [4.69, 9.17) is 4.74 Å². The van der Waals surface area contributed by atoms with E-state index in [0.29, 0.717) is 13.0 Å². The predicted molar refractivity (Wildman–Crippen MR) is 116 cm³/mol. The van der Waals surface area contributed by atoms with Crippen molar-refractivity contribution in [3.05, 3.63) is 64.7 Å².